The summed E-state index contributed by atoms with van der Waals surface area (Å²) < 4.78 is 6.47. The Labute approximate surface area is 125 Å². The zero-order valence-corrected chi connectivity index (χ0v) is 12.3. The molecule has 3 rings (SSSR count). The van der Waals surface area contributed by atoms with Gasteiger partial charge in [0.1, 0.15) is 10.6 Å². The summed E-state index contributed by atoms with van der Waals surface area (Å²) in [5.74, 6) is 0.602. The van der Waals surface area contributed by atoms with Gasteiger partial charge in [-0.1, -0.05) is 23.7 Å². The van der Waals surface area contributed by atoms with Gasteiger partial charge in [0, 0.05) is 20.7 Å². The molecule has 1 aromatic heterocycles. The highest BCUT2D eigenvalue weighted by atomic mass is 35.5. The second kappa shape index (κ2) is 5.27. The molecule has 0 aliphatic carbocycles. The summed E-state index contributed by atoms with van der Waals surface area (Å²) in [7, 11) is 1.59. The Kier molecular flexibility index (Phi) is 3.47. The van der Waals surface area contributed by atoms with Crippen LogP contribution in [0.5, 0.6) is 5.75 Å². The topological polar surface area (TPSA) is 26.3 Å². The normalized spacial score (nSPS) is 10.7. The molecule has 3 aromatic rings. The maximum atomic E-state index is 12.6. The number of ketones is 1. The van der Waals surface area contributed by atoms with Gasteiger partial charge in [0.25, 0.3) is 0 Å². The number of carbonyl (C=O) groups is 1. The highest BCUT2D eigenvalue weighted by molar-refractivity contribution is 7.21. The second-order valence-electron chi connectivity index (χ2n) is 4.30. The average molecular weight is 303 g/mol. The number of thiophene rings is 1. The van der Waals surface area contributed by atoms with Crippen LogP contribution < -0.4 is 4.74 Å². The monoisotopic (exact) mass is 302 g/mol. The molecule has 0 saturated carbocycles. The van der Waals surface area contributed by atoms with Crippen molar-refractivity contribution in [2.75, 3.05) is 7.11 Å². The lowest BCUT2D eigenvalue weighted by atomic mass is 10.1. The molecule has 0 unspecified atom stereocenters. The smallest absolute Gasteiger partial charge is 0.206 e. The molecule has 0 aliphatic rings. The molecular weight excluding hydrogens is 292 g/mol. The Balaban J connectivity index is 2.13. The zero-order valence-electron chi connectivity index (χ0n) is 10.7. The number of fused-ring (bicyclic) bond motifs is 1. The van der Waals surface area contributed by atoms with E-state index in [4.69, 9.17) is 16.3 Å². The third-order valence-electron chi connectivity index (χ3n) is 3.07. The standard InChI is InChI=1S/C16H11ClO2S/c1-19-15-12-4-2-3-5-13(12)20-16(15)14(18)10-6-8-11(17)9-7-10/h2-9H,1H3. The van der Waals surface area contributed by atoms with Crippen molar-refractivity contribution in [2.24, 2.45) is 0 Å². The van der Waals surface area contributed by atoms with E-state index >= 15 is 0 Å². The van der Waals surface area contributed by atoms with Gasteiger partial charge in [-0.25, -0.2) is 0 Å². The molecule has 2 aromatic carbocycles. The van der Waals surface area contributed by atoms with Crippen LogP contribution in [0.1, 0.15) is 15.2 Å². The molecule has 4 heteroatoms. The van der Waals surface area contributed by atoms with Crippen LogP contribution >= 0.6 is 22.9 Å². The number of halogens is 1. The summed E-state index contributed by atoms with van der Waals surface area (Å²) in [5, 5.41) is 1.59. The van der Waals surface area contributed by atoms with Crippen LogP contribution in [0.3, 0.4) is 0 Å². The Morgan fingerprint density at radius 3 is 2.50 bits per heavy atom. The first kappa shape index (κ1) is 13.2. The van der Waals surface area contributed by atoms with Crippen LogP contribution in [0.4, 0.5) is 0 Å². The summed E-state index contributed by atoms with van der Waals surface area (Å²) in [6, 6.07) is 14.7. The molecule has 2 nitrogen and oxygen atoms in total. The maximum Gasteiger partial charge on any atom is 0.206 e. The molecule has 0 bridgehead atoms. The molecule has 1 heterocycles. The number of methoxy groups -OCH3 is 1. The number of rotatable bonds is 3. The average Bonchev–Trinajstić information content (AvgIpc) is 2.85. The molecule has 0 aliphatic heterocycles. The van der Waals surface area contributed by atoms with E-state index in [0.717, 1.165) is 10.1 Å². The van der Waals surface area contributed by atoms with E-state index in [2.05, 4.69) is 0 Å². The highest BCUT2D eigenvalue weighted by Gasteiger charge is 2.20. The maximum absolute atomic E-state index is 12.6. The van der Waals surface area contributed by atoms with Crippen molar-refractivity contribution in [2.45, 2.75) is 0 Å². The van der Waals surface area contributed by atoms with E-state index < -0.39 is 0 Å². The van der Waals surface area contributed by atoms with Gasteiger partial charge in [-0.05, 0) is 36.4 Å². The predicted molar refractivity (Wildman–Crippen MR) is 83.3 cm³/mol. The first-order chi connectivity index (χ1) is 9.70. The van der Waals surface area contributed by atoms with Crippen molar-refractivity contribution in [1.82, 2.24) is 0 Å². The van der Waals surface area contributed by atoms with Crippen molar-refractivity contribution in [3.8, 4) is 5.75 Å². The van der Waals surface area contributed by atoms with Gasteiger partial charge in [0.05, 0.1) is 7.11 Å². The first-order valence-electron chi connectivity index (χ1n) is 6.06. The lowest BCUT2D eigenvalue weighted by molar-refractivity contribution is 0.104. The molecule has 0 spiro atoms. The van der Waals surface area contributed by atoms with Crippen LogP contribution in [-0.4, -0.2) is 12.9 Å². The third-order valence-corrected chi connectivity index (χ3v) is 4.47. The summed E-state index contributed by atoms with van der Waals surface area (Å²) in [6.07, 6.45) is 0. The van der Waals surface area contributed by atoms with E-state index in [1.807, 2.05) is 24.3 Å². The Morgan fingerprint density at radius 2 is 1.80 bits per heavy atom. The van der Waals surface area contributed by atoms with Crippen LogP contribution in [0.2, 0.25) is 5.02 Å². The first-order valence-corrected chi connectivity index (χ1v) is 7.26. The number of benzene rings is 2. The largest absolute Gasteiger partial charge is 0.494 e. The van der Waals surface area contributed by atoms with Gasteiger partial charge >= 0.3 is 0 Å². The lowest BCUT2D eigenvalue weighted by Gasteiger charge is -2.03. The van der Waals surface area contributed by atoms with Gasteiger partial charge in [-0.2, -0.15) is 0 Å². The summed E-state index contributed by atoms with van der Waals surface area (Å²) in [5.41, 5.74) is 0.610. The van der Waals surface area contributed by atoms with Crippen molar-refractivity contribution in [3.05, 3.63) is 64.0 Å². The quantitative estimate of drug-likeness (QED) is 0.650. The fourth-order valence-corrected chi connectivity index (χ4v) is 3.37. The van der Waals surface area contributed by atoms with Gasteiger partial charge < -0.3 is 4.74 Å². The lowest BCUT2D eigenvalue weighted by Crippen LogP contribution is -2.00. The second-order valence-corrected chi connectivity index (χ2v) is 5.79. The number of hydrogen-bond acceptors (Lipinski definition) is 3. The summed E-state index contributed by atoms with van der Waals surface area (Å²) >= 11 is 7.30. The fourth-order valence-electron chi connectivity index (χ4n) is 2.11. The number of carbonyl (C=O) groups excluding carboxylic acids is 1. The van der Waals surface area contributed by atoms with E-state index in [1.165, 1.54) is 11.3 Å². The van der Waals surface area contributed by atoms with Crippen LogP contribution in [0, 0.1) is 0 Å². The van der Waals surface area contributed by atoms with Crippen molar-refractivity contribution >= 4 is 38.8 Å². The van der Waals surface area contributed by atoms with Gasteiger partial charge in [0.15, 0.2) is 0 Å². The number of ether oxygens (including phenoxy) is 1. The van der Waals surface area contributed by atoms with Crippen molar-refractivity contribution < 1.29 is 9.53 Å². The molecule has 20 heavy (non-hydrogen) atoms. The molecule has 100 valence electrons. The van der Waals surface area contributed by atoms with Crippen LogP contribution in [0.25, 0.3) is 10.1 Å². The predicted octanol–water partition coefficient (Wildman–Crippen LogP) is 4.79. The molecule has 0 amide bonds. The molecule has 0 radical (unpaired) electrons. The third kappa shape index (κ3) is 2.19. The minimum atomic E-state index is -0.0419. The molecule has 0 atom stereocenters. The molecule has 0 N–H and O–H groups in total. The van der Waals surface area contributed by atoms with E-state index in [9.17, 15) is 4.79 Å². The van der Waals surface area contributed by atoms with E-state index in [-0.39, 0.29) is 5.78 Å². The minimum absolute atomic E-state index is 0.0419. The SMILES string of the molecule is COc1c(C(=O)c2ccc(Cl)cc2)sc2ccccc12. The van der Waals surface area contributed by atoms with Gasteiger partial charge in [-0.15, -0.1) is 11.3 Å². The Hall–Kier alpha value is -1.84. The zero-order chi connectivity index (χ0) is 14.1. The Morgan fingerprint density at radius 1 is 1.10 bits per heavy atom. The van der Waals surface area contributed by atoms with Crippen molar-refractivity contribution in [1.29, 1.82) is 0 Å². The van der Waals surface area contributed by atoms with Crippen LogP contribution in [0.15, 0.2) is 48.5 Å². The molecule has 0 saturated heterocycles. The van der Waals surface area contributed by atoms with E-state index in [1.54, 1.807) is 31.4 Å². The van der Waals surface area contributed by atoms with Crippen LogP contribution in [-0.2, 0) is 0 Å². The summed E-state index contributed by atoms with van der Waals surface area (Å²) in [6.45, 7) is 0. The minimum Gasteiger partial charge on any atom is -0.494 e. The summed E-state index contributed by atoms with van der Waals surface area (Å²) in [4.78, 5) is 13.2. The highest BCUT2D eigenvalue weighted by Crippen LogP contribution is 2.38. The Bertz CT molecular complexity index is 775. The fraction of sp³-hybridized carbons (Fsp3) is 0.0625. The van der Waals surface area contributed by atoms with E-state index in [0.29, 0.717) is 21.2 Å². The van der Waals surface area contributed by atoms with Crippen molar-refractivity contribution in [3.63, 3.8) is 0 Å². The van der Waals surface area contributed by atoms with Gasteiger partial charge in [-0.3, -0.25) is 4.79 Å². The van der Waals surface area contributed by atoms with Gasteiger partial charge in [0.2, 0.25) is 5.78 Å². The number of hydrogen-bond donors (Lipinski definition) is 0. The molecule has 0 fully saturated rings. The molecular formula is C16H11ClO2S.